The molecule has 1 heterocycles. The van der Waals surface area contributed by atoms with E-state index in [2.05, 4.69) is 11.8 Å². The number of ether oxygens (including phenoxy) is 1. The summed E-state index contributed by atoms with van der Waals surface area (Å²) < 4.78 is 5.78. The third kappa shape index (κ3) is 3.87. The summed E-state index contributed by atoms with van der Waals surface area (Å²) in [6.45, 7) is 5.99. The van der Waals surface area contributed by atoms with E-state index in [-0.39, 0.29) is 0 Å². The standard InChI is InChI=1S/C14H21ClN2O/c1-2-14-10-17(4-3-5-18-14)9-11-6-12(15)8-13(16)7-11/h6-8,14H,2-5,9-10,16H2,1H3. The zero-order chi connectivity index (χ0) is 13.0. The Morgan fingerprint density at radius 2 is 2.28 bits per heavy atom. The fourth-order valence-corrected chi connectivity index (χ4v) is 2.65. The Bertz CT molecular complexity index is 377. The minimum Gasteiger partial charge on any atom is -0.399 e. The summed E-state index contributed by atoms with van der Waals surface area (Å²) in [7, 11) is 0. The predicted molar refractivity (Wildman–Crippen MR) is 75.8 cm³/mol. The van der Waals surface area contributed by atoms with Crippen molar-refractivity contribution in [2.45, 2.75) is 32.4 Å². The lowest BCUT2D eigenvalue weighted by Gasteiger charge is -2.23. The summed E-state index contributed by atoms with van der Waals surface area (Å²) in [4.78, 5) is 2.42. The maximum atomic E-state index is 6.03. The van der Waals surface area contributed by atoms with Gasteiger partial charge in [0.05, 0.1) is 6.10 Å². The Morgan fingerprint density at radius 3 is 3.00 bits per heavy atom. The van der Waals surface area contributed by atoms with Crippen LogP contribution in [-0.2, 0) is 11.3 Å². The number of anilines is 1. The first-order valence-electron chi connectivity index (χ1n) is 6.56. The average Bonchev–Trinajstić information content (AvgIpc) is 2.52. The number of halogens is 1. The van der Waals surface area contributed by atoms with Gasteiger partial charge in [0.2, 0.25) is 0 Å². The third-order valence-corrected chi connectivity index (χ3v) is 3.49. The Kier molecular flexibility index (Phi) is 4.87. The quantitative estimate of drug-likeness (QED) is 0.857. The van der Waals surface area contributed by atoms with Crippen molar-refractivity contribution in [3.05, 3.63) is 28.8 Å². The number of hydrogen-bond donors (Lipinski definition) is 1. The molecule has 4 heteroatoms. The average molecular weight is 269 g/mol. The zero-order valence-corrected chi connectivity index (χ0v) is 11.6. The predicted octanol–water partition coefficient (Wildman–Crippen LogP) is 2.92. The Labute approximate surface area is 114 Å². The zero-order valence-electron chi connectivity index (χ0n) is 10.9. The number of nitrogen functional groups attached to an aromatic ring is 1. The fraction of sp³-hybridized carbons (Fsp3) is 0.571. The second-order valence-electron chi connectivity index (χ2n) is 4.88. The first-order chi connectivity index (χ1) is 8.67. The van der Waals surface area contributed by atoms with Crippen LogP contribution in [0.25, 0.3) is 0 Å². The molecule has 0 bridgehead atoms. The van der Waals surface area contributed by atoms with Crippen LogP contribution in [0, 0.1) is 0 Å². The van der Waals surface area contributed by atoms with Crippen molar-refractivity contribution in [3.63, 3.8) is 0 Å². The molecule has 0 spiro atoms. The van der Waals surface area contributed by atoms with Gasteiger partial charge in [0.15, 0.2) is 0 Å². The fourth-order valence-electron chi connectivity index (χ4n) is 2.39. The van der Waals surface area contributed by atoms with Gasteiger partial charge in [-0.15, -0.1) is 0 Å². The van der Waals surface area contributed by atoms with Crippen molar-refractivity contribution in [2.75, 3.05) is 25.4 Å². The summed E-state index contributed by atoms with van der Waals surface area (Å²) in [5.74, 6) is 0. The SMILES string of the molecule is CCC1CN(Cc2cc(N)cc(Cl)c2)CCCO1. The molecule has 1 unspecified atom stereocenters. The number of nitrogens with two attached hydrogens (primary N) is 1. The van der Waals surface area contributed by atoms with Crippen molar-refractivity contribution in [3.8, 4) is 0 Å². The molecule has 1 fully saturated rings. The van der Waals surface area contributed by atoms with Crippen molar-refractivity contribution in [1.82, 2.24) is 4.90 Å². The van der Waals surface area contributed by atoms with Crippen LogP contribution in [0.2, 0.25) is 5.02 Å². The van der Waals surface area contributed by atoms with Crippen molar-refractivity contribution in [2.24, 2.45) is 0 Å². The molecule has 1 aromatic rings. The van der Waals surface area contributed by atoms with Crippen LogP contribution in [0.1, 0.15) is 25.3 Å². The molecule has 0 saturated carbocycles. The second-order valence-corrected chi connectivity index (χ2v) is 5.32. The molecule has 1 aliphatic rings. The third-order valence-electron chi connectivity index (χ3n) is 3.28. The number of rotatable bonds is 3. The Hall–Kier alpha value is -0.770. The maximum absolute atomic E-state index is 6.03. The van der Waals surface area contributed by atoms with Gasteiger partial charge in [-0.05, 0) is 36.6 Å². The first-order valence-corrected chi connectivity index (χ1v) is 6.94. The molecule has 3 nitrogen and oxygen atoms in total. The van der Waals surface area contributed by atoms with E-state index in [0.29, 0.717) is 11.1 Å². The van der Waals surface area contributed by atoms with Crippen LogP contribution in [0.3, 0.4) is 0 Å². The lowest BCUT2D eigenvalue weighted by molar-refractivity contribution is 0.0510. The molecule has 100 valence electrons. The van der Waals surface area contributed by atoms with Gasteiger partial charge in [-0.1, -0.05) is 18.5 Å². The van der Waals surface area contributed by atoms with Gasteiger partial charge in [-0.25, -0.2) is 0 Å². The van der Waals surface area contributed by atoms with Gasteiger partial charge >= 0.3 is 0 Å². The molecule has 0 amide bonds. The smallest absolute Gasteiger partial charge is 0.0699 e. The van der Waals surface area contributed by atoms with Crippen LogP contribution in [0.4, 0.5) is 5.69 Å². The molecule has 0 aromatic heterocycles. The van der Waals surface area contributed by atoms with Crippen molar-refractivity contribution >= 4 is 17.3 Å². The van der Waals surface area contributed by atoms with Crippen molar-refractivity contribution in [1.29, 1.82) is 0 Å². The lowest BCUT2D eigenvalue weighted by atomic mass is 10.1. The summed E-state index contributed by atoms with van der Waals surface area (Å²) in [5, 5.41) is 0.711. The van der Waals surface area contributed by atoms with E-state index in [1.165, 1.54) is 5.56 Å². The van der Waals surface area contributed by atoms with Gasteiger partial charge in [0, 0.05) is 37.0 Å². The highest BCUT2D eigenvalue weighted by Gasteiger charge is 2.17. The highest BCUT2D eigenvalue weighted by Crippen LogP contribution is 2.19. The van der Waals surface area contributed by atoms with E-state index in [9.17, 15) is 0 Å². The molecule has 1 atom stereocenters. The largest absolute Gasteiger partial charge is 0.399 e. The summed E-state index contributed by atoms with van der Waals surface area (Å²) in [5.41, 5.74) is 7.73. The number of hydrogen-bond acceptors (Lipinski definition) is 3. The molecular formula is C14H21ClN2O. The summed E-state index contributed by atoms with van der Waals surface area (Å²) >= 11 is 6.03. The highest BCUT2D eigenvalue weighted by molar-refractivity contribution is 6.30. The molecule has 2 N–H and O–H groups in total. The maximum Gasteiger partial charge on any atom is 0.0699 e. The van der Waals surface area contributed by atoms with Gasteiger partial charge in [0.1, 0.15) is 0 Å². The van der Waals surface area contributed by atoms with Crippen molar-refractivity contribution < 1.29 is 4.74 Å². The molecular weight excluding hydrogens is 248 g/mol. The van der Waals surface area contributed by atoms with Crippen LogP contribution in [0.15, 0.2) is 18.2 Å². The Morgan fingerprint density at radius 1 is 1.44 bits per heavy atom. The highest BCUT2D eigenvalue weighted by atomic mass is 35.5. The molecule has 1 saturated heterocycles. The minimum atomic E-state index is 0.351. The van der Waals surface area contributed by atoms with E-state index in [1.54, 1.807) is 6.07 Å². The molecule has 1 aliphatic heterocycles. The topological polar surface area (TPSA) is 38.5 Å². The van der Waals surface area contributed by atoms with Gasteiger partial charge in [-0.3, -0.25) is 4.90 Å². The molecule has 18 heavy (non-hydrogen) atoms. The molecule has 0 radical (unpaired) electrons. The van der Waals surface area contributed by atoms with E-state index in [1.807, 2.05) is 12.1 Å². The van der Waals surface area contributed by atoms with Crippen LogP contribution >= 0.6 is 11.6 Å². The summed E-state index contributed by atoms with van der Waals surface area (Å²) in [6.07, 6.45) is 2.50. The monoisotopic (exact) mass is 268 g/mol. The van der Waals surface area contributed by atoms with E-state index in [0.717, 1.165) is 44.8 Å². The van der Waals surface area contributed by atoms with Gasteiger partial charge in [0.25, 0.3) is 0 Å². The van der Waals surface area contributed by atoms with Crippen LogP contribution < -0.4 is 5.73 Å². The number of nitrogens with zero attached hydrogens (tertiary/aromatic N) is 1. The lowest BCUT2D eigenvalue weighted by Crippen LogP contribution is -2.31. The van der Waals surface area contributed by atoms with E-state index in [4.69, 9.17) is 22.1 Å². The van der Waals surface area contributed by atoms with E-state index >= 15 is 0 Å². The molecule has 1 aromatic carbocycles. The second kappa shape index (κ2) is 6.41. The first kappa shape index (κ1) is 13.7. The molecule has 0 aliphatic carbocycles. The molecule has 2 rings (SSSR count). The van der Waals surface area contributed by atoms with Gasteiger partial charge < -0.3 is 10.5 Å². The van der Waals surface area contributed by atoms with Crippen LogP contribution in [0.5, 0.6) is 0 Å². The van der Waals surface area contributed by atoms with Crippen LogP contribution in [-0.4, -0.2) is 30.7 Å². The van der Waals surface area contributed by atoms with Gasteiger partial charge in [-0.2, -0.15) is 0 Å². The Balaban J connectivity index is 2.02. The normalized spacial score (nSPS) is 21.8. The van der Waals surface area contributed by atoms with E-state index < -0.39 is 0 Å². The minimum absolute atomic E-state index is 0.351. The summed E-state index contributed by atoms with van der Waals surface area (Å²) in [6, 6.07) is 5.77. The number of benzene rings is 1.